The van der Waals surface area contributed by atoms with Crippen molar-refractivity contribution in [3.8, 4) is 5.88 Å². The molecule has 2 amide bonds. The molecule has 0 aromatic carbocycles. The first-order valence-corrected chi connectivity index (χ1v) is 10.8. The van der Waals surface area contributed by atoms with Crippen LogP contribution in [0.1, 0.15) is 12.0 Å². The molecule has 0 radical (unpaired) electrons. The summed E-state index contributed by atoms with van der Waals surface area (Å²) in [5.41, 5.74) is 1.34. The molecule has 0 saturated carbocycles. The van der Waals surface area contributed by atoms with Gasteiger partial charge in [0, 0.05) is 51.9 Å². The maximum absolute atomic E-state index is 12.9. The monoisotopic (exact) mass is 478 g/mol. The Hall–Kier alpha value is -3.44. The van der Waals surface area contributed by atoms with Gasteiger partial charge in [-0.25, -0.2) is 15.0 Å². The Kier molecular flexibility index (Phi) is 6.58. The molecule has 2 saturated heterocycles. The van der Waals surface area contributed by atoms with Crippen molar-refractivity contribution in [2.75, 3.05) is 50.1 Å². The second-order valence-electron chi connectivity index (χ2n) is 8.66. The summed E-state index contributed by atoms with van der Waals surface area (Å²) in [6, 6.07) is 2.99. The van der Waals surface area contributed by atoms with Crippen molar-refractivity contribution in [1.82, 2.24) is 19.9 Å². The van der Waals surface area contributed by atoms with Crippen LogP contribution in [0.2, 0.25) is 0 Å². The molecule has 2 aromatic rings. The van der Waals surface area contributed by atoms with Gasteiger partial charge in [0.15, 0.2) is 6.61 Å². The number of amides is 2. The molecule has 0 aliphatic carbocycles. The standard InChI is InChI=1S/C22H25F3N6O3/c1-29(2)19(32)16-11-30(12-16)21-27-9-17(10-28-21)31-6-5-15(20(31)33)7-14-3-4-18(26-8-14)34-13-22(23,24)25/h3-4,8-10,15-16H,5-7,11-13H2,1-2H3. The van der Waals surface area contributed by atoms with Crippen molar-refractivity contribution in [2.45, 2.75) is 19.0 Å². The summed E-state index contributed by atoms with van der Waals surface area (Å²) in [6.07, 6.45) is 1.28. The van der Waals surface area contributed by atoms with Crippen LogP contribution in [0.5, 0.6) is 5.88 Å². The normalized spacial score (nSPS) is 18.7. The van der Waals surface area contributed by atoms with Crippen molar-refractivity contribution in [1.29, 1.82) is 0 Å². The molecule has 4 heterocycles. The number of carbonyl (C=O) groups excluding carboxylic acids is 2. The molecular formula is C22H25F3N6O3. The Morgan fingerprint density at radius 1 is 1.15 bits per heavy atom. The zero-order valence-corrected chi connectivity index (χ0v) is 18.8. The number of alkyl halides is 3. The lowest BCUT2D eigenvalue weighted by Gasteiger charge is -2.39. The number of hydrogen-bond acceptors (Lipinski definition) is 7. The van der Waals surface area contributed by atoms with Crippen LogP contribution in [-0.4, -0.2) is 78.2 Å². The SMILES string of the molecule is CN(C)C(=O)C1CN(c2ncc(N3CCC(Cc4ccc(OCC(F)(F)F)nc4)C3=O)cn2)C1. The second kappa shape index (κ2) is 9.43. The molecule has 2 fully saturated rings. The number of pyridine rings is 1. The molecule has 2 aromatic heterocycles. The van der Waals surface area contributed by atoms with E-state index in [0.717, 1.165) is 5.56 Å². The third-order valence-corrected chi connectivity index (χ3v) is 5.87. The van der Waals surface area contributed by atoms with E-state index in [0.29, 0.717) is 44.1 Å². The molecule has 9 nitrogen and oxygen atoms in total. The van der Waals surface area contributed by atoms with E-state index in [-0.39, 0.29) is 29.5 Å². The van der Waals surface area contributed by atoms with Crippen molar-refractivity contribution < 1.29 is 27.5 Å². The van der Waals surface area contributed by atoms with E-state index in [9.17, 15) is 22.8 Å². The summed E-state index contributed by atoms with van der Waals surface area (Å²) in [5.74, 6) is 0.107. The third kappa shape index (κ3) is 5.37. The van der Waals surface area contributed by atoms with Gasteiger partial charge in [0.25, 0.3) is 0 Å². The third-order valence-electron chi connectivity index (χ3n) is 5.87. The van der Waals surface area contributed by atoms with E-state index in [1.807, 2.05) is 4.90 Å². The average Bonchev–Trinajstić information content (AvgIpc) is 3.12. The number of anilines is 2. The summed E-state index contributed by atoms with van der Waals surface area (Å²) in [4.78, 5) is 42.6. The van der Waals surface area contributed by atoms with Crippen LogP contribution < -0.4 is 14.5 Å². The second-order valence-corrected chi connectivity index (χ2v) is 8.66. The lowest BCUT2D eigenvalue weighted by Crippen LogP contribution is -2.54. The van der Waals surface area contributed by atoms with E-state index in [2.05, 4.69) is 19.7 Å². The summed E-state index contributed by atoms with van der Waals surface area (Å²) in [6.45, 7) is 0.253. The number of nitrogens with zero attached hydrogens (tertiary/aromatic N) is 6. The summed E-state index contributed by atoms with van der Waals surface area (Å²) >= 11 is 0. The minimum atomic E-state index is -4.43. The molecule has 34 heavy (non-hydrogen) atoms. The van der Waals surface area contributed by atoms with Gasteiger partial charge in [0.2, 0.25) is 23.6 Å². The minimum absolute atomic E-state index is 0.0565. The van der Waals surface area contributed by atoms with Gasteiger partial charge in [-0.15, -0.1) is 0 Å². The summed E-state index contributed by atoms with van der Waals surface area (Å²) in [5, 5.41) is 0. The van der Waals surface area contributed by atoms with E-state index in [1.54, 1.807) is 42.4 Å². The lowest BCUT2D eigenvalue weighted by atomic mass is 9.99. The summed E-state index contributed by atoms with van der Waals surface area (Å²) in [7, 11) is 3.46. The highest BCUT2D eigenvalue weighted by Crippen LogP contribution is 2.29. The van der Waals surface area contributed by atoms with E-state index in [1.165, 1.54) is 12.3 Å². The molecule has 1 unspecified atom stereocenters. The largest absolute Gasteiger partial charge is 0.468 e. The lowest BCUT2D eigenvalue weighted by molar-refractivity contribution is -0.154. The number of aromatic nitrogens is 3. The predicted octanol–water partition coefficient (Wildman–Crippen LogP) is 1.93. The Morgan fingerprint density at radius 2 is 1.85 bits per heavy atom. The number of rotatable bonds is 7. The maximum atomic E-state index is 12.9. The van der Waals surface area contributed by atoms with Crippen LogP contribution in [-0.2, 0) is 16.0 Å². The van der Waals surface area contributed by atoms with Gasteiger partial charge in [-0.1, -0.05) is 6.07 Å². The van der Waals surface area contributed by atoms with Gasteiger partial charge in [-0.2, -0.15) is 13.2 Å². The molecule has 4 rings (SSSR count). The molecule has 12 heteroatoms. The van der Waals surface area contributed by atoms with Crippen LogP contribution in [0, 0.1) is 11.8 Å². The molecule has 0 spiro atoms. The minimum Gasteiger partial charge on any atom is -0.468 e. The van der Waals surface area contributed by atoms with Crippen molar-refractivity contribution in [2.24, 2.45) is 11.8 Å². The van der Waals surface area contributed by atoms with Gasteiger partial charge >= 0.3 is 6.18 Å². The maximum Gasteiger partial charge on any atom is 0.422 e. The van der Waals surface area contributed by atoms with E-state index >= 15 is 0 Å². The topological polar surface area (TPSA) is 91.8 Å². The molecule has 0 bridgehead atoms. The Balaban J connectivity index is 1.30. The fraction of sp³-hybridized carbons (Fsp3) is 0.500. The zero-order chi connectivity index (χ0) is 24.5. The average molecular weight is 478 g/mol. The first kappa shape index (κ1) is 23.7. The summed E-state index contributed by atoms with van der Waals surface area (Å²) < 4.78 is 41.3. The molecule has 2 aliphatic rings. The molecule has 182 valence electrons. The number of carbonyl (C=O) groups is 2. The van der Waals surface area contributed by atoms with Crippen LogP contribution in [0.25, 0.3) is 0 Å². The highest BCUT2D eigenvalue weighted by molar-refractivity contribution is 5.97. The molecule has 0 N–H and O–H groups in total. The fourth-order valence-corrected chi connectivity index (χ4v) is 4.02. The highest BCUT2D eigenvalue weighted by atomic mass is 19.4. The zero-order valence-electron chi connectivity index (χ0n) is 18.8. The van der Waals surface area contributed by atoms with Gasteiger partial charge in [-0.05, 0) is 18.4 Å². The van der Waals surface area contributed by atoms with Gasteiger partial charge in [-0.3, -0.25) is 9.59 Å². The van der Waals surface area contributed by atoms with Gasteiger partial charge < -0.3 is 19.4 Å². The molecule has 2 aliphatic heterocycles. The highest BCUT2D eigenvalue weighted by Gasteiger charge is 2.36. The van der Waals surface area contributed by atoms with Crippen LogP contribution in [0.15, 0.2) is 30.7 Å². The smallest absolute Gasteiger partial charge is 0.422 e. The van der Waals surface area contributed by atoms with Crippen molar-refractivity contribution in [3.63, 3.8) is 0 Å². The van der Waals surface area contributed by atoms with E-state index < -0.39 is 12.8 Å². The van der Waals surface area contributed by atoms with Gasteiger partial charge in [0.1, 0.15) is 0 Å². The molecular weight excluding hydrogens is 453 g/mol. The first-order valence-electron chi connectivity index (χ1n) is 10.8. The Morgan fingerprint density at radius 3 is 2.44 bits per heavy atom. The van der Waals surface area contributed by atoms with Crippen molar-refractivity contribution >= 4 is 23.5 Å². The predicted molar refractivity (Wildman–Crippen MR) is 116 cm³/mol. The van der Waals surface area contributed by atoms with Gasteiger partial charge in [0.05, 0.1) is 24.0 Å². The van der Waals surface area contributed by atoms with Crippen LogP contribution in [0.3, 0.4) is 0 Å². The number of halogens is 3. The van der Waals surface area contributed by atoms with Crippen LogP contribution >= 0.6 is 0 Å². The number of hydrogen-bond donors (Lipinski definition) is 0. The fourth-order valence-electron chi connectivity index (χ4n) is 4.02. The first-order chi connectivity index (χ1) is 16.1. The quantitative estimate of drug-likeness (QED) is 0.601. The Labute approximate surface area is 194 Å². The van der Waals surface area contributed by atoms with E-state index in [4.69, 9.17) is 0 Å². The van der Waals surface area contributed by atoms with Crippen LogP contribution in [0.4, 0.5) is 24.8 Å². The number of ether oxygens (including phenoxy) is 1. The molecule has 1 atom stereocenters. The van der Waals surface area contributed by atoms with Crippen molar-refractivity contribution in [3.05, 3.63) is 36.3 Å². The Bertz CT molecular complexity index is 1020.